The van der Waals surface area contributed by atoms with Crippen LogP contribution in [0.5, 0.6) is 5.88 Å². The third-order valence-electron chi connectivity index (χ3n) is 4.48. The molecule has 24 heavy (non-hydrogen) atoms. The molecule has 1 N–H and O–H groups in total. The highest BCUT2D eigenvalue weighted by atomic mass is 32.1. The molecule has 1 atom stereocenters. The normalized spacial score (nSPS) is 16.9. The number of aromatic nitrogens is 3. The number of aryl methyl sites for hydroxylation is 1. The van der Waals surface area contributed by atoms with Crippen LogP contribution >= 0.6 is 11.3 Å². The van der Waals surface area contributed by atoms with Crippen molar-refractivity contribution in [2.45, 2.75) is 32.2 Å². The number of fused-ring (bicyclic) bond motifs is 1. The molecule has 0 saturated carbocycles. The average molecular weight is 346 g/mol. The summed E-state index contributed by atoms with van der Waals surface area (Å²) in [6.45, 7) is 3.86. The maximum Gasteiger partial charge on any atom is 0.230 e. The van der Waals surface area contributed by atoms with Gasteiger partial charge in [-0.15, -0.1) is 5.10 Å². The first-order valence-corrected chi connectivity index (χ1v) is 9.06. The van der Waals surface area contributed by atoms with E-state index in [0.29, 0.717) is 10.8 Å². The molecule has 126 valence electrons. The van der Waals surface area contributed by atoms with E-state index in [2.05, 4.69) is 15.0 Å². The Morgan fingerprint density at radius 2 is 2.12 bits per heavy atom. The molecule has 0 bridgehead atoms. The maximum absolute atomic E-state index is 13.8. The smallest absolute Gasteiger partial charge is 0.230 e. The molecule has 0 amide bonds. The largest absolute Gasteiger partial charge is 0.492 e. The second-order valence-corrected chi connectivity index (χ2v) is 7.08. The Labute approximate surface area is 143 Å². The summed E-state index contributed by atoms with van der Waals surface area (Å²) in [5, 5.41) is 15.1. The third-order valence-corrected chi connectivity index (χ3v) is 5.55. The molecule has 1 aliphatic rings. The zero-order chi connectivity index (χ0) is 16.7. The first-order valence-electron chi connectivity index (χ1n) is 8.24. The third kappa shape index (κ3) is 2.57. The lowest BCUT2D eigenvalue weighted by molar-refractivity contribution is 0.276. The van der Waals surface area contributed by atoms with Crippen molar-refractivity contribution in [3.63, 3.8) is 0 Å². The zero-order valence-electron chi connectivity index (χ0n) is 13.4. The van der Waals surface area contributed by atoms with Crippen molar-refractivity contribution in [3.05, 3.63) is 46.3 Å². The second kappa shape index (κ2) is 6.14. The highest BCUT2D eigenvalue weighted by Gasteiger charge is 2.31. The standard InChI is InChI=1S/C17H19FN4OS/c1-2-13-19-17-22(20-13)16(23)15(24-17)14(21-8-3-4-9-21)11-6-5-7-12(18)10-11/h5-7,10,14,23H,2-4,8-9H2,1H3. The van der Waals surface area contributed by atoms with Crippen molar-refractivity contribution >= 4 is 16.3 Å². The lowest BCUT2D eigenvalue weighted by Crippen LogP contribution is -2.26. The first kappa shape index (κ1) is 15.5. The summed E-state index contributed by atoms with van der Waals surface area (Å²) in [7, 11) is 0. The average Bonchev–Trinajstić information content (AvgIpc) is 3.28. The fourth-order valence-corrected chi connectivity index (χ4v) is 4.46. The van der Waals surface area contributed by atoms with Crippen molar-refractivity contribution in [3.8, 4) is 5.88 Å². The van der Waals surface area contributed by atoms with Crippen LogP contribution in [0.25, 0.3) is 4.96 Å². The molecular formula is C17H19FN4OS. The minimum absolute atomic E-state index is 0.114. The summed E-state index contributed by atoms with van der Waals surface area (Å²) in [6, 6.07) is 6.47. The van der Waals surface area contributed by atoms with Gasteiger partial charge in [-0.3, -0.25) is 4.90 Å². The van der Waals surface area contributed by atoms with Crippen LogP contribution in [0.3, 0.4) is 0 Å². The van der Waals surface area contributed by atoms with Gasteiger partial charge in [-0.1, -0.05) is 30.4 Å². The molecule has 3 aromatic rings. The van der Waals surface area contributed by atoms with Gasteiger partial charge in [-0.25, -0.2) is 9.37 Å². The molecule has 0 aliphatic carbocycles. The van der Waals surface area contributed by atoms with Gasteiger partial charge in [-0.05, 0) is 43.6 Å². The molecule has 7 heteroatoms. The Morgan fingerprint density at radius 1 is 1.33 bits per heavy atom. The highest BCUT2D eigenvalue weighted by Crippen LogP contribution is 2.41. The van der Waals surface area contributed by atoms with E-state index in [1.165, 1.54) is 21.9 Å². The van der Waals surface area contributed by atoms with Crippen LogP contribution in [-0.2, 0) is 6.42 Å². The Balaban J connectivity index is 1.83. The Hall–Kier alpha value is -1.99. The number of halogens is 1. The number of likely N-dealkylation sites (tertiary alicyclic amines) is 1. The molecule has 5 nitrogen and oxygen atoms in total. The lowest BCUT2D eigenvalue weighted by Gasteiger charge is -2.27. The molecule has 0 radical (unpaired) electrons. The molecule has 3 heterocycles. The molecule has 1 unspecified atom stereocenters. The van der Waals surface area contributed by atoms with Gasteiger partial charge in [-0.2, -0.15) is 4.52 Å². The van der Waals surface area contributed by atoms with Gasteiger partial charge in [0.1, 0.15) is 5.82 Å². The topological polar surface area (TPSA) is 53.7 Å². The molecule has 1 fully saturated rings. The first-order chi connectivity index (χ1) is 11.7. The molecular weight excluding hydrogens is 327 g/mol. The van der Waals surface area contributed by atoms with Crippen LogP contribution in [-0.4, -0.2) is 37.7 Å². The van der Waals surface area contributed by atoms with E-state index in [0.717, 1.165) is 42.8 Å². The van der Waals surface area contributed by atoms with E-state index >= 15 is 0 Å². The molecule has 1 aliphatic heterocycles. The van der Waals surface area contributed by atoms with Gasteiger partial charge in [0.2, 0.25) is 10.8 Å². The van der Waals surface area contributed by atoms with Gasteiger partial charge in [0, 0.05) is 6.42 Å². The van der Waals surface area contributed by atoms with Gasteiger partial charge in [0.15, 0.2) is 5.82 Å². The van der Waals surface area contributed by atoms with Crippen LogP contribution in [0.2, 0.25) is 0 Å². The fourth-order valence-electron chi connectivity index (χ4n) is 3.32. The lowest BCUT2D eigenvalue weighted by atomic mass is 10.0. The number of aromatic hydroxyl groups is 1. The Bertz CT molecular complexity index is 869. The van der Waals surface area contributed by atoms with E-state index in [-0.39, 0.29) is 17.7 Å². The summed E-state index contributed by atoms with van der Waals surface area (Å²) in [6.07, 6.45) is 2.96. The Morgan fingerprint density at radius 3 is 2.79 bits per heavy atom. The van der Waals surface area contributed by atoms with E-state index in [1.807, 2.05) is 13.0 Å². The minimum atomic E-state index is -0.260. The number of hydrogen-bond acceptors (Lipinski definition) is 5. The van der Waals surface area contributed by atoms with E-state index in [4.69, 9.17) is 0 Å². The van der Waals surface area contributed by atoms with Crippen molar-refractivity contribution < 1.29 is 9.50 Å². The highest BCUT2D eigenvalue weighted by molar-refractivity contribution is 7.17. The molecule has 1 aromatic carbocycles. The van der Waals surface area contributed by atoms with E-state index in [9.17, 15) is 9.50 Å². The fraction of sp³-hybridized carbons (Fsp3) is 0.412. The number of nitrogens with zero attached hydrogens (tertiary/aromatic N) is 4. The molecule has 4 rings (SSSR count). The monoisotopic (exact) mass is 346 g/mol. The predicted octanol–water partition coefficient (Wildman–Crippen LogP) is 3.38. The summed E-state index contributed by atoms with van der Waals surface area (Å²) >= 11 is 1.43. The van der Waals surface area contributed by atoms with Gasteiger partial charge >= 0.3 is 0 Å². The summed E-state index contributed by atoms with van der Waals surface area (Å²) in [5.41, 5.74) is 0.854. The van der Waals surface area contributed by atoms with Crippen LogP contribution in [0, 0.1) is 5.82 Å². The number of thiazole rings is 1. The van der Waals surface area contributed by atoms with Crippen molar-refractivity contribution in [1.82, 2.24) is 19.5 Å². The maximum atomic E-state index is 13.8. The minimum Gasteiger partial charge on any atom is -0.492 e. The molecule has 0 spiro atoms. The van der Waals surface area contributed by atoms with Crippen molar-refractivity contribution in [2.24, 2.45) is 0 Å². The van der Waals surface area contributed by atoms with Crippen LogP contribution in [0.1, 0.15) is 42.1 Å². The second-order valence-electron chi connectivity index (χ2n) is 6.07. The summed E-state index contributed by atoms with van der Waals surface area (Å²) in [4.78, 5) is 8.20. The summed E-state index contributed by atoms with van der Waals surface area (Å²) in [5.74, 6) is 0.568. The quantitative estimate of drug-likeness (QED) is 0.787. The van der Waals surface area contributed by atoms with Crippen LogP contribution < -0.4 is 0 Å². The van der Waals surface area contributed by atoms with Gasteiger partial charge in [0.05, 0.1) is 10.9 Å². The van der Waals surface area contributed by atoms with Gasteiger partial charge in [0.25, 0.3) is 0 Å². The molecule has 2 aromatic heterocycles. The summed E-state index contributed by atoms with van der Waals surface area (Å²) < 4.78 is 15.3. The van der Waals surface area contributed by atoms with Gasteiger partial charge < -0.3 is 5.11 Å². The number of benzene rings is 1. The van der Waals surface area contributed by atoms with E-state index < -0.39 is 0 Å². The van der Waals surface area contributed by atoms with Crippen molar-refractivity contribution in [2.75, 3.05) is 13.1 Å². The number of rotatable bonds is 4. The molecule has 1 saturated heterocycles. The number of hydrogen-bond donors (Lipinski definition) is 1. The van der Waals surface area contributed by atoms with Crippen LogP contribution in [0.4, 0.5) is 4.39 Å². The SMILES string of the molecule is CCc1nc2sc(C(c3cccc(F)c3)N3CCCC3)c(O)n2n1. The predicted molar refractivity (Wildman–Crippen MR) is 91.0 cm³/mol. The van der Waals surface area contributed by atoms with Crippen LogP contribution in [0.15, 0.2) is 24.3 Å². The zero-order valence-corrected chi connectivity index (χ0v) is 14.3. The van der Waals surface area contributed by atoms with Crippen molar-refractivity contribution in [1.29, 1.82) is 0 Å². The Kier molecular flexibility index (Phi) is 3.97. The van der Waals surface area contributed by atoms with E-state index in [1.54, 1.807) is 12.1 Å².